The SMILES string of the molecule is CC=CCO.[Y]. The van der Waals surface area contributed by atoms with E-state index in [1.54, 1.807) is 12.2 Å². The molecule has 0 rings (SSSR count). The van der Waals surface area contributed by atoms with Gasteiger partial charge in [-0.1, -0.05) is 12.2 Å². The maximum absolute atomic E-state index is 7.98. The Hall–Kier alpha value is 0.804. The predicted octanol–water partition coefficient (Wildman–Crippen LogP) is 0.552. The van der Waals surface area contributed by atoms with Gasteiger partial charge in [-0.2, -0.15) is 0 Å². The molecule has 6 heavy (non-hydrogen) atoms. The quantitative estimate of drug-likeness (QED) is 0.557. The molecule has 0 fully saturated rings. The molecule has 0 aliphatic heterocycles. The normalized spacial score (nSPS) is 8.33. The number of allylic oxidation sites excluding steroid dienone is 1. The third-order valence-electron chi connectivity index (χ3n) is 0.341. The minimum atomic E-state index is 0. The molecule has 0 aromatic heterocycles. The first-order chi connectivity index (χ1) is 2.41. The third kappa shape index (κ3) is 8.84. The third-order valence-corrected chi connectivity index (χ3v) is 0.341. The van der Waals surface area contributed by atoms with Crippen LogP contribution >= 0.6 is 0 Å². The van der Waals surface area contributed by atoms with Gasteiger partial charge in [0.25, 0.3) is 0 Å². The Morgan fingerprint density at radius 1 is 1.67 bits per heavy atom. The van der Waals surface area contributed by atoms with Crippen molar-refractivity contribution in [3.05, 3.63) is 12.2 Å². The molecule has 0 amide bonds. The van der Waals surface area contributed by atoms with Crippen molar-refractivity contribution < 1.29 is 37.8 Å². The summed E-state index contributed by atoms with van der Waals surface area (Å²) in [5.74, 6) is 0. The van der Waals surface area contributed by atoms with Crippen molar-refractivity contribution in [2.24, 2.45) is 0 Å². The fourth-order valence-corrected chi connectivity index (χ4v) is 0.105. The van der Waals surface area contributed by atoms with Gasteiger partial charge >= 0.3 is 0 Å². The molecular weight excluding hydrogens is 153 g/mol. The Morgan fingerprint density at radius 3 is 2.17 bits per heavy atom. The Balaban J connectivity index is 0. The second kappa shape index (κ2) is 9.26. The molecule has 33 valence electrons. The Morgan fingerprint density at radius 2 is 2.17 bits per heavy atom. The molecule has 1 nitrogen and oxygen atoms in total. The molecule has 1 N–H and O–H groups in total. The van der Waals surface area contributed by atoms with Gasteiger partial charge in [0, 0.05) is 32.7 Å². The molecule has 2 heteroatoms. The molecular formula is C4H8OY. The molecule has 0 aromatic carbocycles. The average molecular weight is 161 g/mol. The largest absolute Gasteiger partial charge is 0.392 e. The zero-order chi connectivity index (χ0) is 4.12. The van der Waals surface area contributed by atoms with Crippen molar-refractivity contribution >= 4 is 0 Å². The van der Waals surface area contributed by atoms with Gasteiger partial charge in [-0.25, -0.2) is 0 Å². The van der Waals surface area contributed by atoms with Crippen LogP contribution in [0.1, 0.15) is 6.92 Å². The van der Waals surface area contributed by atoms with Crippen molar-refractivity contribution in [2.45, 2.75) is 6.92 Å². The summed E-state index contributed by atoms with van der Waals surface area (Å²) in [6.45, 7) is 2.03. The van der Waals surface area contributed by atoms with E-state index in [-0.39, 0.29) is 39.3 Å². The van der Waals surface area contributed by atoms with E-state index in [1.807, 2.05) is 6.92 Å². The van der Waals surface area contributed by atoms with Gasteiger partial charge in [-0.15, -0.1) is 0 Å². The summed E-state index contributed by atoms with van der Waals surface area (Å²) in [4.78, 5) is 0. The number of rotatable bonds is 1. The fourth-order valence-electron chi connectivity index (χ4n) is 0.105. The van der Waals surface area contributed by atoms with E-state index in [4.69, 9.17) is 5.11 Å². The predicted molar refractivity (Wildman–Crippen MR) is 21.9 cm³/mol. The van der Waals surface area contributed by atoms with Crippen molar-refractivity contribution in [2.75, 3.05) is 6.61 Å². The van der Waals surface area contributed by atoms with E-state index in [1.165, 1.54) is 0 Å². The molecule has 0 atom stereocenters. The van der Waals surface area contributed by atoms with Gasteiger partial charge in [0.05, 0.1) is 6.61 Å². The molecule has 0 spiro atoms. The maximum atomic E-state index is 7.98. The van der Waals surface area contributed by atoms with Gasteiger partial charge in [0.2, 0.25) is 0 Å². The first-order valence-electron chi connectivity index (χ1n) is 1.64. The van der Waals surface area contributed by atoms with Crippen LogP contribution in [0.15, 0.2) is 12.2 Å². The van der Waals surface area contributed by atoms with Crippen LogP contribution in [0.25, 0.3) is 0 Å². The van der Waals surface area contributed by atoms with E-state index in [9.17, 15) is 0 Å². The zero-order valence-electron chi connectivity index (χ0n) is 3.89. The number of aliphatic hydroxyl groups excluding tert-OH is 1. The van der Waals surface area contributed by atoms with Crippen molar-refractivity contribution in [1.29, 1.82) is 0 Å². The second-order valence-corrected chi connectivity index (χ2v) is 0.752. The monoisotopic (exact) mass is 161 g/mol. The molecule has 0 aromatic rings. The first-order valence-corrected chi connectivity index (χ1v) is 1.64. The van der Waals surface area contributed by atoms with Crippen molar-refractivity contribution in [3.8, 4) is 0 Å². The van der Waals surface area contributed by atoms with E-state index < -0.39 is 0 Å². The van der Waals surface area contributed by atoms with Crippen LogP contribution in [0, 0.1) is 0 Å². The molecule has 0 heterocycles. The van der Waals surface area contributed by atoms with Crippen LogP contribution in [0.2, 0.25) is 0 Å². The molecule has 1 radical (unpaired) electrons. The summed E-state index contributed by atoms with van der Waals surface area (Å²) in [7, 11) is 0. The minimum absolute atomic E-state index is 0. The van der Waals surface area contributed by atoms with Gasteiger partial charge < -0.3 is 5.11 Å². The minimum Gasteiger partial charge on any atom is -0.392 e. The van der Waals surface area contributed by atoms with Gasteiger partial charge in [-0.3, -0.25) is 0 Å². The van der Waals surface area contributed by atoms with E-state index in [2.05, 4.69) is 0 Å². The summed E-state index contributed by atoms with van der Waals surface area (Å²) in [5.41, 5.74) is 0. The first kappa shape index (κ1) is 9.93. The summed E-state index contributed by atoms with van der Waals surface area (Å²) in [6.07, 6.45) is 3.49. The molecule has 0 aliphatic carbocycles. The topological polar surface area (TPSA) is 20.2 Å². The summed E-state index contributed by atoms with van der Waals surface area (Å²) in [5, 5.41) is 7.98. The average Bonchev–Trinajstić information content (AvgIpc) is 1.41. The van der Waals surface area contributed by atoms with Crippen molar-refractivity contribution in [3.63, 3.8) is 0 Å². The van der Waals surface area contributed by atoms with Crippen LogP contribution in [0.3, 0.4) is 0 Å². The van der Waals surface area contributed by atoms with E-state index in [0.29, 0.717) is 0 Å². The molecule has 0 saturated heterocycles. The standard InChI is InChI=1S/C4H8O.Y/c1-2-3-4-5;/h2-3,5H,4H2,1H3;. The second-order valence-electron chi connectivity index (χ2n) is 0.752. The zero-order valence-corrected chi connectivity index (χ0v) is 6.72. The Bertz CT molecular complexity index is 34.5. The summed E-state index contributed by atoms with van der Waals surface area (Å²) < 4.78 is 0. The van der Waals surface area contributed by atoms with Gasteiger partial charge in [-0.05, 0) is 6.92 Å². The number of hydrogen-bond donors (Lipinski definition) is 1. The molecule has 0 unspecified atom stereocenters. The Kier molecular flexibility index (Phi) is 15.3. The molecule has 0 saturated carbocycles. The molecule has 0 aliphatic rings. The number of aliphatic hydroxyl groups is 1. The van der Waals surface area contributed by atoms with Gasteiger partial charge in [0.15, 0.2) is 0 Å². The van der Waals surface area contributed by atoms with E-state index >= 15 is 0 Å². The van der Waals surface area contributed by atoms with Crippen LogP contribution in [0.5, 0.6) is 0 Å². The summed E-state index contributed by atoms with van der Waals surface area (Å²) >= 11 is 0. The van der Waals surface area contributed by atoms with Crippen LogP contribution in [-0.2, 0) is 32.7 Å². The van der Waals surface area contributed by atoms with Crippen LogP contribution in [0.4, 0.5) is 0 Å². The van der Waals surface area contributed by atoms with Crippen LogP contribution in [-0.4, -0.2) is 11.7 Å². The van der Waals surface area contributed by atoms with Crippen molar-refractivity contribution in [1.82, 2.24) is 0 Å². The van der Waals surface area contributed by atoms with Gasteiger partial charge in [0.1, 0.15) is 0 Å². The fraction of sp³-hybridized carbons (Fsp3) is 0.500. The van der Waals surface area contributed by atoms with E-state index in [0.717, 1.165) is 0 Å². The smallest absolute Gasteiger partial charge is 0.0612 e. The summed E-state index contributed by atoms with van der Waals surface area (Å²) in [6, 6.07) is 0. The molecule has 0 bridgehead atoms. The van der Waals surface area contributed by atoms with Crippen LogP contribution < -0.4 is 0 Å². The Labute approximate surface area is 63.3 Å². The number of hydrogen-bond acceptors (Lipinski definition) is 1. The maximum Gasteiger partial charge on any atom is 0.0612 e.